The number of carbonyl (C=O) groups excluding carboxylic acids is 2. The molecule has 0 aliphatic carbocycles. The van der Waals surface area contributed by atoms with E-state index < -0.39 is 0 Å². The molecule has 24 heavy (non-hydrogen) atoms. The van der Waals surface area contributed by atoms with Gasteiger partial charge in [-0.05, 0) is 18.2 Å². The highest BCUT2D eigenvalue weighted by Gasteiger charge is 2.13. The lowest BCUT2D eigenvalue weighted by Gasteiger charge is -2.02. The molecule has 1 N–H and O–H groups in total. The van der Waals surface area contributed by atoms with Crippen molar-refractivity contribution in [2.24, 2.45) is 7.05 Å². The number of anilines is 1. The number of thiazole rings is 1. The SMILES string of the molecule is COC(=O)c1ccc(-c2csc(NC(=O)c3ccnn3C)n2)cc1. The molecule has 0 radical (unpaired) electrons. The molecule has 0 fully saturated rings. The lowest BCUT2D eigenvalue weighted by atomic mass is 10.1. The molecule has 0 spiro atoms. The summed E-state index contributed by atoms with van der Waals surface area (Å²) in [7, 11) is 3.04. The van der Waals surface area contributed by atoms with Crippen molar-refractivity contribution in [3.05, 3.63) is 53.2 Å². The number of hydrogen-bond acceptors (Lipinski definition) is 6. The van der Waals surface area contributed by atoms with E-state index in [0.29, 0.717) is 16.4 Å². The molecule has 7 nitrogen and oxygen atoms in total. The zero-order valence-electron chi connectivity index (χ0n) is 13.0. The molecular formula is C16H14N4O3S. The van der Waals surface area contributed by atoms with Crippen molar-refractivity contribution in [3.8, 4) is 11.3 Å². The topological polar surface area (TPSA) is 86.1 Å². The Hall–Kier alpha value is -3.00. The molecule has 1 aromatic carbocycles. The number of rotatable bonds is 4. The normalized spacial score (nSPS) is 10.4. The van der Waals surface area contributed by atoms with E-state index in [4.69, 9.17) is 0 Å². The second-order valence-electron chi connectivity index (χ2n) is 4.90. The zero-order chi connectivity index (χ0) is 17.1. The Balaban J connectivity index is 1.75. The maximum atomic E-state index is 12.1. The number of ether oxygens (including phenoxy) is 1. The predicted octanol–water partition coefficient (Wildman–Crippen LogP) is 2.58. The van der Waals surface area contributed by atoms with Crippen LogP contribution in [0, 0.1) is 0 Å². The number of aryl methyl sites for hydroxylation is 1. The van der Waals surface area contributed by atoms with E-state index in [1.807, 2.05) is 5.38 Å². The van der Waals surface area contributed by atoms with E-state index in [1.165, 1.54) is 23.1 Å². The third-order valence-corrected chi connectivity index (χ3v) is 4.14. The van der Waals surface area contributed by atoms with E-state index in [1.54, 1.807) is 43.6 Å². The highest BCUT2D eigenvalue weighted by molar-refractivity contribution is 7.14. The summed E-state index contributed by atoms with van der Waals surface area (Å²) in [5, 5.41) is 9.04. The minimum Gasteiger partial charge on any atom is -0.465 e. The lowest BCUT2D eigenvalue weighted by molar-refractivity contribution is 0.0600. The first kappa shape index (κ1) is 15.9. The van der Waals surface area contributed by atoms with Crippen LogP contribution in [0.1, 0.15) is 20.8 Å². The summed E-state index contributed by atoms with van der Waals surface area (Å²) in [5.41, 5.74) is 2.49. The molecule has 1 amide bonds. The molecule has 0 bridgehead atoms. The smallest absolute Gasteiger partial charge is 0.337 e. The number of methoxy groups -OCH3 is 1. The van der Waals surface area contributed by atoms with Crippen LogP contribution in [-0.4, -0.2) is 33.8 Å². The van der Waals surface area contributed by atoms with Crippen LogP contribution in [0.25, 0.3) is 11.3 Å². The first-order chi connectivity index (χ1) is 11.6. The molecular weight excluding hydrogens is 328 g/mol. The van der Waals surface area contributed by atoms with Crippen LogP contribution in [0.4, 0.5) is 5.13 Å². The van der Waals surface area contributed by atoms with Crippen molar-refractivity contribution in [3.63, 3.8) is 0 Å². The predicted molar refractivity (Wildman–Crippen MR) is 90.1 cm³/mol. The summed E-state index contributed by atoms with van der Waals surface area (Å²) < 4.78 is 6.16. The van der Waals surface area contributed by atoms with Crippen molar-refractivity contribution < 1.29 is 14.3 Å². The van der Waals surface area contributed by atoms with Gasteiger partial charge in [0.15, 0.2) is 5.13 Å². The van der Waals surface area contributed by atoms with Gasteiger partial charge in [0.05, 0.1) is 18.4 Å². The van der Waals surface area contributed by atoms with Gasteiger partial charge in [0.1, 0.15) is 5.69 Å². The van der Waals surface area contributed by atoms with Crippen molar-refractivity contribution in [2.75, 3.05) is 12.4 Å². The van der Waals surface area contributed by atoms with Crippen LogP contribution < -0.4 is 5.32 Å². The van der Waals surface area contributed by atoms with Gasteiger partial charge in [-0.15, -0.1) is 11.3 Å². The number of carbonyl (C=O) groups is 2. The number of esters is 1. The van der Waals surface area contributed by atoms with Gasteiger partial charge in [-0.2, -0.15) is 5.10 Å². The van der Waals surface area contributed by atoms with Crippen LogP contribution in [-0.2, 0) is 11.8 Å². The van der Waals surface area contributed by atoms with Gasteiger partial charge in [-0.3, -0.25) is 14.8 Å². The highest BCUT2D eigenvalue weighted by Crippen LogP contribution is 2.25. The Morgan fingerprint density at radius 2 is 1.96 bits per heavy atom. The summed E-state index contributed by atoms with van der Waals surface area (Å²) in [5.74, 6) is -0.652. The lowest BCUT2D eigenvalue weighted by Crippen LogP contribution is -2.15. The van der Waals surface area contributed by atoms with Crippen molar-refractivity contribution >= 4 is 28.3 Å². The largest absolute Gasteiger partial charge is 0.465 e. The van der Waals surface area contributed by atoms with Gasteiger partial charge in [-0.1, -0.05) is 12.1 Å². The maximum absolute atomic E-state index is 12.1. The van der Waals surface area contributed by atoms with Crippen LogP contribution >= 0.6 is 11.3 Å². The second-order valence-corrected chi connectivity index (χ2v) is 5.76. The molecule has 0 aliphatic rings. The fourth-order valence-electron chi connectivity index (χ4n) is 2.12. The average Bonchev–Trinajstić information content (AvgIpc) is 3.23. The summed E-state index contributed by atoms with van der Waals surface area (Å²) in [4.78, 5) is 28.0. The first-order valence-electron chi connectivity index (χ1n) is 7.02. The summed E-state index contributed by atoms with van der Waals surface area (Å²) >= 11 is 1.33. The highest BCUT2D eigenvalue weighted by atomic mass is 32.1. The van der Waals surface area contributed by atoms with Crippen LogP contribution in [0.15, 0.2) is 41.9 Å². The Morgan fingerprint density at radius 1 is 1.21 bits per heavy atom. The van der Waals surface area contributed by atoms with E-state index >= 15 is 0 Å². The third-order valence-electron chi connectivity index (χ3n) is 3.38. The van der Waals surface area contributed by atoms with Gasteiger partial charge in [0.2, 0.25) is 0 Å². The molecule has 2 heterocycles. The van der Waals surface area contributed by atoms with Crippen LogP contribution in [0.2, 0.25) is 0 Å². The molecule has 3 rings (SSSR count). The summed E-state index contributed by atoms with van der Waals surface area (Å²) in [6.45, 7) is 0. The Kier molecular flexibility index (Phi) is 4.39. The van der Waals surface area contributed by atoms with Gasteiger partial charge >= 0.3 is 5.97 Å². The Bertz CT molecular complexity index is 883. The quantitative estimate of drug-likeness (QED) is 0.737. The third kappa shape index (κ3) is 3.18. The number of nitrogens with one attached hydrogen (secondary N) is 1. The van der Waals surface area contributed by atoms with E-state index in [9.17, 15) is 9.59 Å². The van der Waals surface area contributed by atoms with Crippen molar-refractivity contribution in [1.82, 2.24) is 14.8 Å². The monoisotopic (exact) mass is 342 g/mol. The molecule has 0 unspecified atom stereocenters. The molecule has 0 aliphatic heterocycles. The number of aromatic nitrogens is 3. The van der Waals surface area contributed by atoms with Crippen molar-refractivity contribution in [2.45, 2.75) is 0 Å². The van der Waals surface area contributed by atoms with Crippen LogP contribution in [0.3, 0.4) is 0 Å². The molecule has 122 valence electrons. The van der Waals surface area contributed by atoms with Crippen LogP contribution in [0.5, 0.6) is 0 Å². The Morgan fingerprint density at radius 3 is 2.58 bits per heavy atom. The number of amides is 1. The van der Waals surface area contributed by atoms with E-state index in [2.05, 4.69) is 20.1 Å². The van der Waals surface area contributed by atoms with Gasteiger partial charge < -0.3 is 4.74 Å². The number of hydrogen-bond donors (Lipinski definition) is 1. The average molecular weight is 342 g/mol. The van der Waals surface area contributed by atoms with E-state index in [-0.39, 0.29) is 11.9 Å². The fourth-order valence-corrected chi connectivity index (χ4v) is 2.83. The minimum absolute atomic E-state index is 0.267. The Labute approximate surface area is 141 Å². The minimum atomic E-state index is -0.385. The second kappa shape index (κ2) is 6.63. The molecule has 2 aromatic heterocycles. The molecule has 3 aromatic rings. The summed E-state index contributed by atoms with van der Waals surface area (Å²) in [6.07, 6.45) is 1.56. The molecule has 0 saturated carbocycles. The van der Waals surface area contributed by atoms with Crippen molar-refractivity contribution in [1.29, 1.82) is 0 Å². The van der Waals surface area contributed by atoms with E-state index in [0.717, 1.165) is 11.3 Å². The standard InChI is InChI=1S/C16H14N4O3S/c1-20-13(7-8-17-20)14(21)19-16-18-12(9-24-16)10-3-5-11(6-4-10)15(22)23-2/h3-9H,1-2H3,(H,18,19,21). The molecule has 8 heteroatoms. The van der Waals surface area contributed by atoms with Gasteiger partial charge in [0, 0.05) is 24.2 Å². The van der Waals surface area contributed by atoms with Gasteiger partial charge in [-0.25, -0.2) is 9.78 Å². The van der Waals surface area contributed by atoms with Gasteiger partial charge in [0.25, 0.3) is 5.91 Å². The number of nitrogens with zero attached hydrogens (tertiary/aromatic N) is 3. The number of benzene rings is 1. The summed E-state index contributed by atoms with van der Waals surface area (Å²) in [6, 6.07) is 8.56. The first-order valence-corrected chi connectivity index (χ1v) is 7.90. The zero-order valence-corrected chi connectivity index (χ0v) is 13.8. The maximum Gasteiger partial charge on any atom is 0.337 e. The molecule has 0 saturated heterocycles. The molecule has 0 atom stereocenters. The fraction of sp³-hybridized carbons (Fsp3) is 0.125.